The van der Waals surface area contributed by atoms with Gasteiger partial charge in [-0.3, -0.25) is 24.5 Å². The standard InChI is InChI=1S/C34H35N7O4S/c35-21-26-4-6-27(7-5-26)30(42)18-31-38-34(19-24-8-12-36-13-9-24,20-25-10-14-37-15-11-25)33(43)41(31)32-28-22-40(23-29(28)32)46(44,45)39-16-2-1-3-17-39/h4-15,18,28-29,32,38H,1-3,16-17,19-20,22-23H2/b31-18+. The van der Waals surface area contributed by atoms with Crippen LogP contribution in [0.5, 0.6) is 0 Å². The molecule has 3 aromatic rings. The van der Waals surface area contributed by atoms with Crippen LogP contribution in [-0.2, 0) is 27.8 Å². The highest BCUT2D eigenvalue weighted by Crippen LogP contribution is 2.53. The molecule has 7 rings (SSSR count). The number of carbonyl (C=O) groups excluding carboxylic acids is 2. The fourth-order valence-corrected chi connectivity index (χ4v) is 9.07. The minimum absolute atomic E-state index is 0.0311. The lowest BCUT2D eigenvalue weighted by molar-refractivity contribution is -0.132. The summed E-state index contributed by atoms with van der Waals surface area (Å²) in [5, 5.41) is 12.7. The monoisotopic (exact) mass is 637 g/mol. The number of nitriles is 1. The van der Waals surface area contributed by atoms with E-state index in [4.69, 9.17) is 0 Å². The van der Waals surface area contributed by atoms with E-state index in [-0.39, 0.29) is 29.6 Å². The van der Waals surface area contributed by atoms with E-state index in [1.807, 2.05) is 24.3 Å². The fraction of sp³-hybridized carbons (Fsp3) is 0.382. The molecule has 1 aromatic carbocycles. The number of carbonyl (C=O) groups is 2. The molecule has 4 fully saturated rings. The molecule has 1 N–H and O–H groups in total. The summed E-state index contributed by atoms with van der Waals surface area (Å²) in [6, 6.07) is 15.8. The van der Waals surface area contributed by atoms with Crippen LogP contribution in [0.2, 0.25) is 0 Å². The Morgan fingerprint density at radius 2 is 1.46 bits per heavy atom. The number of nitrogens with zero attached hydrogens (tertiary/aromatic N) is 6. The number of nitrogens with one attached hydrogen (secondary N) is 1. The summed E-state index contributed by atoms with van der Waals surface area (Å²) in [5.74, 6) is -0.0987. The summed E-state index contributed by atoms with van der Waals surface area (Å²) in [7, 11) is -3.56. The maximum absolute atomic E-state index is 14.8. The van der Waals surface area contributed by atoms with E-state index in [0.29, 0.717) is 56.0 Å². The summed E-state index contributed by atoms with van der Waals surface area (Å²) in [5.41, 5.74) is 1.58. The molecule has 0 spiro atoms. The molecule has 0 radical (unpaired) electrons. The number of hydrogen-bond donors (Lipinski definition) is 1. The summed E-state index contributed by atoms with van der Waals surface area (Å²) in [4.78, 5) is 38.4. The Labute approximate surface area is 268 Å². The minimum atomic E-state index is -3.56. The molecule has 1 aliphatic carbocycles. The molecule has 5 heterocycles. The molecule has 3 aliphatic heterocycles. The highest BCUT2D eigenvalue weighted by molar-refractivity contribution is 7.86. The molecule has 3 saturated heterocycles. The van der Waals surface area contributed by atoms with Gasteiger partial charge in [-0.25, -0.2) is 0 Å². The lowest BCUT2D eigenvalue weighted by Crippen LogP contribution is -2.51. The van der Waals surface area contributed by atoms with Crippen molar-refractivity contribution in [3.8, 4) is 6.07 Å². The van der Waals surface area contributed by atoms with Crippen LogP contribution < -0.4 is 5.32 Å². The maximum Gasteiger partial charge on any atom is 0.281 e. The Morgan fingerprint density at radius 3 is 2.00 bits per heavy atom. The second kappa shape index (κ2) is 12.1. The van der Waals surface area contributed by atoms with Gasteiger partial charge in [0.15, 0.2) is 5.78 Å². The number of aromatic nitrogens is 2. The van der Waals surface area contributed by atoms with E-state index < -0.39 is 15.7 Å². The van der Waals surface area contributed by atoms with Gasteiger partial charge in [0.05, 0.1) is 11.6 Å². The quantitative estimate of drug-likeness (QED) is 0.279. The van der Waals surface area contributed by atoms with Gasteiger partial charge in [-0.2, -0.15) is 22.3 Å². The minimum Gasteiger partial charge on any atom is -0.357 e. The Kier molecular flexibility index (Phi) is 7.92. The van der Waals surface area contributed by atoms with Gasteiger partial charge in [-0.1, -0.05) is 6.42 Å². The predicted octanol–water partition coefficient (Wildman–Crippen LogP) is 2.69. The van der Waals surface area contributed by atoms with Crippen molar-refractivity contribution in [1.29, 1.82) is 5.26 Å². The van der Waals surface area contributed by atoms with E-state index in [1.54, 1.807) is 62.6 Å². The Hall–Kier alpha value is -4.44. The topological polar surface area (TPSA) is 140 Å². The van der Waals surface area contributed by atoms with Gasteiger partial charge in [-0.05, 0) is 72.5 Å². The third kappa shape index (κ3) is 5.59. The average Bonchev–Trinajstić information content (AvgIpc) is 3.41. The molecule has 4 aliphatic rings. The summed E-state index contributed by atoms with van der Waals surface area (Å²) < 4.78 is 30.0. The molecule has 11 nitrogen and oxygen atoms in total. The number of allylic oxidation sites excluding steroid dienone is 1. The molecule has 1 amide bonds. The van der Waals surface area contributed by atoms with Gasteiger partial charge < -0.3 is 5.32 Å². The number of fused-ring (bicyclic) bond motifs is 1. The maximum atomic E-state index is 14.8. The van der Waals surface area contributed by atoms with Gasteiger partial charge in [0, 0.05) is 93.3 Å². The average molecular weight is 638 g/mol. The van der Waals surface area contributed by atoms with Crippen LogP contribution in [0, 0.1) is 23.2 Å². The smallest absolute Gasteiger partial charge is 0.281 e. The zero-order chi connectivity index (χ0) is 31.9. The first kappa shape index (κ1) is 30.2. The van der Waals surface area contributed by atoms with Crippen LogP contribution in [0.3, 0.4) is 0 Å². The molecule has 1 saturated carbocycles. The van der Waals surface area contributed by atoms with Crippen molar-refractivity contribution in [3.63, 3.8) is 0 Å². The summed E-state index contributed by atoms with van der Waals surface area (Å²) in [6.07, 6.45) is 11.7. The first-order valence-electron chi connectivity index (χ1n) is 15.7. The van der Waals surface area contributed by atoms with Crippen molar-refractivity contribution in [2.75, 3.05) is 26.2 Å². The molecule has 0 bridgehead atoms. The lowest BCUT2D eigenvalue weighted by Gasteiger charge is -2.32. The third-order valence-corrected chi connectivity index (χ3v) is 11.7. The largest absolute Gasteiger partial charge is 0.357 e. The van der Waals surface area contributed by atoms with Crippen molar-refractivity contribution < 1.29 is 18.0 Å². The number of amides is 1. The van der Waals surface area contributed by atoms with Gasteiger partial charge >= 0.3 is 0 Å². The second-order valence-corrected chi connectivity index (χ2v) is 14.6. The molecule has 2 unspecified atom stereocenters. The number of rotatable bonds is 9. The van der Waals surface area contributed by atoms with E-state index in [0.717, 1.165) is 30.4 Å². The van der Waals surface area contributed by atoms with Crippen molar-refractivity contribution in [3.05, 3.63) is 107 Å². The van der Waals surface area contributed by atoms with Crippen LogP contribution >= 0.6 is 0 Å². The molecule has 2 aromatic heterocycles. The number of ketones is 1. The SMILES string of the molecule is N#Cc1ccc(C(=O)/C=C2\NC(Cc3ccncc3)(Cc3ccncc3)C(=O)N2C2C3CN(S(=O)(=O)N4CCCCC4)CC32)cc1. The van der Waals surface area contributed by atoms with E-state index in [2.05, 4.69) is 21.4 Å². The molecule has 12 heteroatoms. The van der Waals surface area contributed by atoms with Gasteiger partial charge in [0.25, 0.3) is 16.1 Å². The van der Waals surface area contributed by atoms with Gasteiger partial charge in [0.2, 0.25) is 0 Å². The zero-order valence-corrected chi connectivity index (χ0v) is 26.1. The van der Waals surface area contributed by atoms with Crippen LogP contribution in [0.4, 0.5) is 0 Å². The van der Waals surface area contributed by atoms with Crippen LogP contribution in [0.25, 0.3) is 0 Å². The van der Waals surface area contributed by atoms with Crippen molar-refractivity contribution in [2.45, 2.75) is 43.7 Å². The van der Waals surface area contributed by atoms with E-state index in [9.17, 15) is 23.3 Å². The Balaban J connectivity index is 1.22. The molecular formula is C34H35N7O4S. The number of benzene rings is 1. The van der Waals surface area contributed by atoms with E-state index in [1.165, 1.54) is 6.08 Å². The molecular weight excluding hydrogens is 602 g/mol. The highest BCUT2D eigenvalue weighted by Gasteiger charge is 2.65. The van der Waals surface area contributed by atoms with Gasteiger partial charge in [0.1, 0.15) is 11.4 Å². The van der Waals surface area contributed by atoms with Crippen molar-refractivity contribution in [2.24, 2.45) is 11.8 Å². The number of piperidine rings is 2. The van der Waals surface area contributed by atoms with Crippen molar-refractivity contribution >= 4 is 21.9 Å². The predicted molar refractivity (Wildman–Crippen MR) is 169 cm³/mol. The van der Waals surface area contributed by atoms with Crippen LogP contribution in [-0.4, -0.2) is 81.3 Å². The van der Waals surface area contributed by atoms with Crippen LogP contribution in [0.15, 0.2) is 85.2 Å². The number of pyridine rings is 2. The number of hydrogen-bond acceptors (Lipinski definition) is 8. The van der Waals surface area contributed by atoms with Crippen molar-refractivity contribution in [1.82, 2.24) is 28.8 Å². The third-order valence-electron chi connectivity index (χ3n) is 9.71. The zero-order valence-electron chi connectivity index (χ0n) is 25.3. The normalized spacial score (nSPS) is 25.2. The van der Waals surface area contributed by atoms with Gasteiger partial charge in [-0.15, -0.1) is 0 Å². The molecule has 46 heavy (non-hydrogen) atoms. The first-order chi connectivity index (χ1) is 22.3. The Morgan fingerprint density at radius 1 is 0.891 bits per heavy atom. The lowest BCUT2D eigenvalue weighted by atomic mass is 9.85. The molecule has 236 valence electrons. The van der Waals surface area contributed by atoms with E-state index >= 15 is 0 Å². The summed E-state index contributed by atoms with van der Waals surface area (Å²) >= 11 is 0. The Bertz CT molecular complexity index is 1750. The fourth-order valence-electron chi connectivity index (χ4n) is 7.30. The summed E-state index contributed by atoms with van der Waals surface area (Å²) in [6.45, 7) is 1.78. The molecule has 2 atom stereocenters. The second-order valence-electron chi connectivity index (χ2n) is 12.6. The highest BCUT2D eigenvalue weighted by atomic mass is 32.2. The first-order valence-corrected chi connectivity index (χ1v) is 17.1. The van der Waals surface area contributed by atoms with Crippen LogP contribution in [0.1, 0.15) is 46.3 Å².